The van der Waals surface area contributed by atoms with Crippen molar-refractivity contribution < 1.29 is 28.3 Å². The van der Waals surface area contributed by atoms with Crippen LogP contribution in [0.15, 0.2) is 40.9 Å². The fourth-order valence-corrected chi connectivity index (χ4v) is 2.75. The molecule has 0 amide bonds. The van der Waals surface area contributed by atoms with Crippen molar-refractivity contribution in [2.45, 2.75) is 20.5 Å². The van der Waals surface area contributed by atoms with Crippen molar-refractivity contribution in [1.29, 1.82) is 0 Å². The van der Waals surface area contributed by atoms with Gasteiger partial charge in [-0.15, -0.1) is 0 Å². The molecule has 1 heterocycles. The van der Waals surface area contributed by atoms with Crippen LogP contribution in [0.2, 0.25) is 0 Å². The number of carbonyl (C=O) groups is 1. The summed E-state index contributed by atoms with van der Waals surface area (Å²) in [6.45, 7) is 3.47. The minimum atomic E-state index is -0.533. The van der Waals surface area contributed by atoms with Crippen LogP contribution in [0.25, 0.3) is 11.4 Å². The molecule has 0 aliphatic heterocycles. The molecular weight excluding hydrogens is 376 g/mol. The maximum Gasteiger partial charge on any atom is 0.344 e. The van der Waals surface area contributed by atoms with Gasteiger partial charge in [-0.1, -0.05) is 23.4 Å². The maximum atomic E-state index is 12.0. The number of aryl methyl sites for hydroxylation is 2. The van der Waals surface area contributed by atoms with Crippen LogP contribution in [0.1, 0.15) is 17.0 Å². The van der Waals surface area contributed by atoms with E-state index in [1.54, 1.807) is 25.3 Å². The summed E-state index contributed by atoms with van der Waals surface area (Å²) >= 11 is 0. The van der Waals surface area contributed by atoms with Gasteiger partial charge >= 0.3 is 5.97 Å². The number of esters is 1. The molecule has 8 nitrogen and oxygen atoms in total. The third kappa shape index (κ3) is 4.84. The second-order valence-electron chi connectivity index (χ2n) is 6.25. The summed E-state index contributed by atoms with van der Waals surface area (Å²) in [5.74, 6) is 1.81. The van der Waals surface area contributed by atoms with E-state index in [0.29, 0.717) is 28.6 Å². The smallest absolute Gasteiger partial charge is 0.344 e. The molecule has 3 rings (SSSR count). The van der Waals surface area contributed by atoms with Gasteiger partial charge in [-0.25, -0.2) is 4.79 Å². The number of para-hydroxylation sites is 1. The van der Waals surface area contributed by atoms with Crippen molar-refractivity contribution in [3.8, 4) is 28.6 Å². The SMILES string of the molecule is COc1ccc(-c2noc(COC(=O)COc3c(C)cccc3C)n2)c(OC)c1. The Morgan fingerprint density at radius 2 is 1.83 bits per heavy atom. The highest BCUT2D eigenvalue weighted by Crippen LogP contribution is 2.31. The van der Waals surface area contributed by atoms with Gasteiger partial charge in [0.05, 0.1) is 19.8 Å². The number of aromatic nitrogens is 2. The Hall–Kier alpha value is -3.55. The summed E-state index contributed by atoms with van der Waals surface area (Å²) in [5.41, 5.74) is 2.54. The lowest BCUT2D eigenvalue weighted by Gasteiger charge is -2.11. The standard InChI is InChI=1S/C21H22N2O6/c1-13-6-5-7-14(2)20(13)28-12-19(24)27-11-18-22-21(23-29-18)16-9-8-15(25-3)10-17(16)26-4/h5-10H,11-12H2,1-4H3. The number of carbonyl (C=O) groups excluding carboxylic acids is 1. The van der Waals surface area contributed by atoms with Crippen LogP contribution < -0.4 is 14.2 Å². The van der Waals surface area contributed by atoms with E-state index in [0.717, 1.165) is 11.1 Å². The van der Waals surface area contributed by atoms with Gasteiger partial charge in [0.2, 0.25) is 5.82 Å². The molecule has 0 radical (unpaired) electrons. The zero-order chi connectivity index (χ0) is 20.8. The minimum Gasteiger partial charge on any atom is -0.497 e. The van der Waals surface area contributed by atoms with Crippen molar-refractivity contribution >= 4 is 5.97 Å². The number of methoxy groups -OCH3 is 2. The second-order valence-corrected chi connectivity index (χ2v) is 6.25. The highest BCUT2D eigenvalue weighted by atomic mass is 16.6. The first-order chi connectivity index (χ1) is 14.0. The van der Waals surface area contributed by atoms with E-state index >= 15 is 0 Å². The first-order valence-corrected chi connectivity index (χ1v) is 8.91. The number of ether oxygens (including phenoxy) is 4. The van der Waals surface area contributed by atoms with Gasteiger partial charge in [0, 0.05) is 6.07 Å². The van der Waals surface area contributed by atoms with Gasteiger partial charge in [-0.2, -0.15) is 4.98 Å². The molecule has 152 valence electrons. The summed E-state index contributed by atoms with van der Waals surface area (Å²) in [6, 6.07) is 11.0. The number of nitrogens with zero attached hydrogens (tertiary/aromatic N) is 2. The van der Waals surface area contributed by atoms with Crippen LogP contribution in [0.4, 0.5) is 0 Å². The Balaban J connectivity index is 1.59. The highest BCUT2D eigenvalue weighted by molar-refractivity contribution is 5.71. The molecule has 0 N–H and O–H groups in total. The Morgan fingerprint density at radius 1 is 1.07 bits per heavy atom. The summed E-state index contributed by atoms with van der Waals surface area (Å²) in [6.07, 6.45) is 0. The summed E-state index contributed by atoms with van der Waals surface area (Å²) in [4.78, 5) is 16.2. The predicted octanol–water partition coefficient (Wildman–Crippen LogP) is 3.49. The van der Waals surface area contributed by atoms with Crippen molar-refractivity contribution in [3.63, 3.8) is 0 Å². The van der Waals surface area contributed by atoms with Gasteiger partial charge in [0.1, 0.15) is 17.2 Å². The van der Waals surface area contributed by atoms with Gasteiger partial charge in [-0.3, -0.25) is 0 Å². The monoisotopic (exact) mass is 398 g/mol. The second kappa shape index (κ2) is 9.09. The summed E-state index contributed by atoms with van der Waals surface area (Å²) < 4.78 is 26.4. The fourth-order valence-electron chi connectivity index (χ4n) is 2.75. The van der Waals surface area contributed by atoms with E-state index in [9.17, 15) is 4.79 Å². The maximum absolute atomic E-state index is 12.0. The van der Waals surface area contributed by atoms with E-state index < -0.39 is 5.97 Å². The first-order valence-electron chi connectivity index (χ1n) is 8.91. The summed E-state index contributed by atoms with van der Waals surface area (Å²) in [5, 5.41) is 3.92. The van der Waals surface area contributed by atoms with Gasteiger partial charge in [0.25, 0.3) is 5.89 Å². The molecule has 0 bridgehead atoms. The van der Waals surface area contributed by atoms with Crippen LogP contribution in [-0.4, -0.2) is 36.9 Å². The van der Waals surface area contributed by atoms with E-state index in [2.05, 4.69) is 10.1 Å². The van der Waals surface area contributed by atoms with E-state index in [-0.39, 0.29) is 19.1 Å². The lowest BCUT2D eigenvalue weighted by molar-refractivity contribution is -0.148. The molecule has 0 atom stereocenters. The summed E-state index contributed by atoms with van der Waals surface area (Å²) in [7, 11) is 3.11. The largest absolute Gasteiger partial charge is 0.497 e. The van der Waals surface area contributed by atoms with Gasteiger partial charge in [-0.05, 0) is 37.1 Å². The van der Waals surface area contributed by atoms with Crippen LogP contribution in [0.5, 0.6) is 17.2 Å². The molecule has 8 heteroatoms. The first kappa shape index (κ1) is 20.2. The van der Waals surface area contributed by atoms with Gasteiger partial charge < -0.3 is 23.5 Å². The van der Waals surface area contributed by atoms with Crippen LogP contribution in [0.3, 0.4) is 0 Å². The van der Waals surface area contributed by atoms with Crippen molar-refractivity contribution in [2.24, 2.45) is 0 Å². The third-order valence-electron chi connectivity index (χ3n) is 4.22. The molecule has 1 aromatic heterocycles. The zero-order valence-corrected chi connectivity index (χ0v) is 16.7. The van der Waals surface area contributed by atoms with E-state index in [1.165, 1.54) is 7.11 Å². The highest BCUT2D eigenvalue weighted by Gasteiger charge is 2.16. The van der Waals surface area contributed by atoms with Crippen LogP contribution in [0, 0.1) is 13.8 Å². The fraction of sp³-hybridized carbons (Fsp3) is 0.286. The molecular formula is C21H22N2O6. The van der Waals surface area contributed by atoms with Crippen molar-refractivity contribution in [3.05, 3.63) is 53.4 Å². The van der Waals surface area contributed by atoms with Crippen LogP contribution >= 0.6 is 0 Å². The molecule has 0 aliphatic rings. The third-order valence-corrected chi connectivity index (χ3v) is 4.22. The molecule has 0 fully saturated rings. The predicted molar refractivity (Wildman–Crippen MR) is 104 cm³/mol. The van der Waals surface area contributed by atoms with Crippen molar-refractivity contribution in [1.82, 2.24) is 10.1 Å². The number of benzene rings is 2. The Bertz CT molecular complexity index is 978. The topological polar surface area (TPSA) is 92.9 Å². The Labute approximate surface area is 168 Å². The normalized spacial score (nSPS) is 10.5. The van der Waals surface area contributed by atoms with Crippen LogP contribution in [-0.2, 0) is 16.1 Å². The molecule has 3 aromatic rings. The minimum absolute atomic E-state index is 0.152. The van der Waals surface area contributed by atoms with Gasteiger partial charge in [0.15, 0.2) is 13.2 Å². The number of rotatable bonds is 8. The number of hydrogen-bond acceptors (Lipinski definition) is 8. The quantitative estimate of drug-likeness (QED) is 0.533. The molecule has 2 aromatic carbocycles. The molecule has 0 spiro atoms. The molecule has 0 aliphatic carbocycles. The van der Waals surface area contributed by atoms with Crippen molar-refractivity contribution in [2.75, 3.05) is 20.8 Å². The molecule has 0 saturated heterocycles. The lowest BCUT2D eigenvalue weighted by atomic mass is 10.1. The number of hydrogen-bond donors (Lipinski definition) is 0. The zero-order valence-electron chi connectivity index (χ0n) is 16.7. The van der Waals surface area contributed by atoms with E-state index in [1.807, 2.05) is 32.0 Å². The Morgan fingerprint density at radius 3 is 2.52 bits per heavy atom. The molecule has 0 unspecified atom stereocenters. The average molecular weight is 398 g/mol. The van der Waals surface area contributed by atoms with E-state index in [4.69, 9.17) is 23.5 Å². The molecule has 29 heavy (non-hydrogen) atoms. The lowest BCUT2D eigenvalue weighted by Crippen LogP contribution is -2.15. The molecule has 0 saturated carbocycles. The average Bonchev–Trinajstić information content (AvgIpc) is 3.20. The Kier molecular flexibility index (Phi) is 6.33.